The number of carbonyl (C=O) groups is 1. The van der Waals surface area contributed by atoms with Crippen LogP contribution in [-0.2, 0) is 0 Å². The van der Waals surface area contributed by atoms with E-state index in [9.17, 15) is 4.79 Å². The second-order valence-electron chi connectivity index (χ2n) is 6.28. The number of para-hydroxylation sites is 1. The number of nitrogens with zero attached hydrogens (tertiary/aromatic N) is 2. The van der Waals surface area contributed by atoms with Crippen molar-refractivity contribution in [2.75, 3.05) is 7.05 Å². The molecular formula is C21H17ClN2O2S. The quantitative estimate of drug-likeness (QED) is 0.422. The summed E-state index contributed by atoms with van der Waals surface area (Å²) in [5, 5.41) is 1.56. The molecule has 0 aliphatic rings. The van der Waals surface area contributed by atoms with Crippen LogP contribution in [-0.4, -0.2) is 22.8 Å². The van der Waals surface area contributed by atoms with Gasteiger partial charge in [0.1, 0.15) is 10.8 Å². The van der Waals surface area contributed by atoms with E-state index in [4.69, 9.17) is 16.0 Å². The van der Waals surface area contributed by atoms with Gasteiger partial charge >= 0.3 is 0 Å². The number of amides is 1. The standard InChI is InChI=1S/C21H17ClN2O2S/c1-13(20-23-16-5-3-4-6-19(16)27-20)24(2)21(25)18-12-11-17(26-18)14-7-9-15(22)10-8-14/h3-13H,1-2H3. The van der Waals surface area contributed by atoms with E-state index in [1.54, 1.807) is 47.5 Å². The van der Waals surface area contributed by atoms with Crippen LogP contribution in [0.2, 0.25) is 5.02 Å². The average Bonchev–Trinajstić information content (AvgIpc) is 3.34. The molecule has 2 aromatic heterocycles. The highest BCUT2D eigenvalue weighted by Crippen LogP contribution is 2.30. The first-order valence-electron chi connectivity index (χ1n) is 8.51. The summed E-state index contributed by atoms with van der Waals surface area (Å²) in [6.45, 7) is 1.97. The predicted octanol–water partition coefficient (Wildman–Crippen LogP) is 6.04. The van der Waals surface area contributed by atoms with E-state index in [0.717, 1.165) is 20.8 Å². The Balaban J connectivity index is 1.55. The second-order valence-corrected chi connectivity index (χ2v) is 7.78. The number of carbonyl (C=O) groups excluding carboxylic acids is 1. The van der Waals surface area contributed by atoms with Crippen molar-refractivity contribution in [2.24, 2.45) is 0 Å². The molecule has 136 valence electrons. The number of furan rings is 1. The molecule has 6 heteroatoms. The molecule has 2 heterocycles. The van der Waals surface area contributed by atoms with Crippen molar-refractivity contribution in [3.05, 3.63) is 76.5 Å². The second kappa shape index (κ2) is 7.18. The number of rotatable bonds is 4. The van der Waals surface area contributed by atoms with Crippen LogP contribution in [0, 0.1) is 0 Å². The fourth-order valence-electron chi connectivity index (χ4n) is 2.81. The maximum atomic E-state index is 12.9. The van der Waals surface area contributed by atoms with Crippen LogP contribution in [0.3, 0.4) is 0 Å². The molecule has 0 fully saturated rings. The topological polar surface area (TPSA) is 46.3 Å². The normalized spacial score (nSPS) is 12.3. The lowest BCUT2D eigenvalue weighted by Gasteiger charge is -2.22. The van der Waals surface area contributed by atoms with Crippen molar-refractivity contribution < 1.29 is 9.21 Å². The zero-order chi connectivity index (χ0) is 19.0. The molecule has 0 spiro atoms. The van der Waals surface area contributed by atoms with Gasteiger partial charge in [-0.05, 0) is 55.5 Å². The molecule has 1 unspecified atom stereocenters. The third kappa shape index (κ3) is 3.48. The Labute approximate surface area is 166 Å². The Kier molecular flexibility index (Phi) is 4.72. The van der Waals surface area contributed by atoms with Crippen LogP contribution >= 0.6 is 22.9 Å². The van der Waals surface area contributed by atoms with Gasteiger partial charge < -0.3 is 9.32 Å². The summed E-state index contributed by atoms with van der Waals surface area (Å²) in [5.41, 5.74) is 1.83. The van der Waals surface area contributed by atoms with Gasteiger partial charge in [0.05, 0.1) is 16.3 Å². The minimum atomic E-state index is -0.179. The molecule has 0 saturated heterocycles. The first-order valence-corrected chi connectivity index (χ1v) is 9.71. The largest absolute Gasteiger partial charge is 0.451 e. The summed E-state index contributed by atoms with van der Waals surface area (Å²) < 4.78 is 6.90. The van der Waals surface area contributed by atoms with Crippen LogP contribution in [0.5, 0.6) is 0 Å². The SMILES string of the molecule is CC(c1nc2ccccc2s1)N(C)C(=O)c1ccc(-c2ccc(Cl)cc2)o1. The minimum absolute atomic E-state index is 0.154. The van der Waals surface area contributed by atoms with Gasteiger partial charge in [0.25, 0.3) is 5.91 Å². The number of aromatic nitrogens is 1. The van der Waals surface area contributed by atoms with E-state index in [1.807, 2.05) is 43.3 Å². The first kappa shape index (κ1) is 17.8. The van der Waals surface area contributed by atoms with Crippen molar-refractivity contribution in [3.63, 3.8) is 0 Å². The smallest absolute Gasteiger partial charge is 0.289 e. The highest BCUT2D eigenvalue weighted by molar-refractivity contribution is 7.18. The number of hydrogen-bond acceptors (Lipinski definition) is 4. The third-order valence-corrected chi connectivity index (χ3v) is 5.97. The molecule has 2 aromatic carbocycles. The van der Waals surface area contributed by atoms with E-state index in [2.05, 4.69) is 4.98 Å². The number of halogens is 1. The fraction of sp³-hybridized carbons (Fsp3) is 0.143. The van der Waals surface area contributed by atoms with Gasteiger partial charge in [-0.15, -0.1) is 11.3 Å². The number of thiazole rings is 1. The van der Waals surface area contributed by atoms with Crippen molar-refractivity contribution in [1.82, 2.24) is 9.88 Å². The highest BCUT2D eigenvalue weighted by Gasteiger charge is 2.24. The third-order valence-electron chi connectivity index (χ3n) is 4.51. The minimum Gasteiger partial charge on any atom is -0.451 e. The Bertz CT molecular complexity index is 1070. The lowest BCUT2D eigenvalue weighted by Crippen LogP contribution is -2.29. The van der Waals surface area contributed by atoms with Crippen LogP contribution in [0.1, 0.15) is 28.5 Å². The Morgan fingerprint density at radius 3 is 2.59 bits per heavy atom. The lowest BCUT2D eigenvalue weighted by atomic mass is 10.2. The van der Waals surface area contributed by atoms with Crippen LogP contribution in [0.4, 0.5) is 0 Å². The molecule has 0 aliphatic heterocycles. The molecule has 4 nitrogen and oxygen atoms in total. The van der Waals surface area contributed by atoms with Gasteiger partial charge in [-0.1, -0.05) is 23.7 Å². The van der Waals surface area contributed by atoms with E-state index < -0.39 is 0 Å². The molecular weight excluding hydrogens is 380 g/mol. The van der Waals surface area contributed by atoms with Crippen molar-refractivity contribution >= 4 is 39.1 Å². The zero-order valence-corrected chi connectivity index (χ0v) is 16.4. The molecule has 0 aliphatic carbocycles. The summed E-state index contributed by atoms with van der Waals surface area (Å²) in [6.07, 6.45) is 0. The van der Waals surface area contributed by atoms with E-state index in [-0.39, 0.29) is 11.9 Å². The molecule has 0 N–H and O–H groups in total. The Morgan fingerprint density at radius 2 is 1.85 bits per heavy atom. The maximum absolute atomic E-state index is 12.9. The van der Waals surface area contributed by atoms with Gasteiger partial charge in [-0.2, -0.15) is 0 Å². The summed E-state index contributed by atoms with van der Waals surface area (Å²) >= 11 is 7.52. The molecule has 1 amide bonds. The van der Waals surface area contributed by atoms with Crippen molar-refractivity contribution in [1.29, 1.82) is 0 Å². The predicted molar refractivity (Wildman–Crippen MR) is 109 cm³/mol. The average molecular weight is 397 g/mol. The Morgan fingerprint density at radius 1 is 1.11 bits per heavy atom. The van der Waals surface area contributed by atoms with Gasteiger partial charge in [0.15, 0.2) is 5.76 Å². The van der Waals surface area contributed by atoms with E-state index >= 15 is 0 Å². The number of fused-ring (bicyclic) bond motifs is 1. The van der Waals surface area contributed by atoms with Gasteiger partial charge in [0.2, 0.25) is 0 Å². The lowest BCUT2D eigenvalue weighted by molar-refractivity contribution is 0.0711. The maximum Gasteiger partial charge on any atom is 0.289 e. The van der Waals surface area contributed by atoms with Crippen LogP contribution in [0.25, 0.3) is 21.5 Å². The Hall–Kier alpha value is -2.63. The van der Waals surface area contributed by atoms with Gasteiger partial charge in [-0.25, -0.2) is 4.98 Å². The summed E-state index contributed by atoms with van der Waals surface area (Å²) in [4.78, 5) is 19.2. The summed E-state index contributed by atoms with van der Waals surface area (Å²) in [6, 6.07) is 18.6. The van der Waals surface area contributed by atoms with Gasteiger partial charge in [-0.3, -0.25) is 4.79 Å². The first-order chi connectivity index (χ1) is 13.0. The number of hydrogen-bond donors (Lipinski definition) is 0. The zero-order valence-electron chi connectivity index (χ0n) is 14.8. The molecule has 0 bridgehead atoms. The molecule has 4 aromatic rings. The molecule has 4 rings (SSSR count). The van der Waals surface area contributed by atoms with E-state index in [1.165, 1.54) is 0 Å². The van der Waals surface area contributed by atoms with Gasteiger partial charge in [0, 0.05) is 17.6 Å². The fourth-order valence-corrected chi connectivity index (χ4v) is 4.00. The van der Waals surface area contributed by atoms with Crippen LogP contribution in [0.15, 0.2) is 65.1 Å². The van der Waals surface area contributed by atoms with Crippen LogP contribution < -0.4 is 0 Å². The summed E-state index contributed by atoms with van der Waals surface area (Å²) in [5.74, 6) is 0.758. The number of benzene rings is 2. The molecule has 1 atom stereocenters. The summed E-state index contributed by atoms with van der Waals surface area (Å²) in [7, 11) is 1.77. The molecule has 0 saturated carbocycles. The van der Waals surface area contributed by atoms with Crippen molar-refractivity contribution in [2.45, 2.75) is 13.0 Å². The monoisotopic (exact) mass is 396 g/mol. The molecule has 0 radical (unpaired) electrons. The molecule has 27 heavy (non-hydrogen) atoms. The van der Waals surface area contributed by atoms with Crippen molar-refractivity contribution in [3.8, 4) is 11.3 Å². The highest BCUT2D eigenvalue weighted by atomic mass is 35.5. The van der Waals surface area contributed by atoms with E-state index in [0.29, 0.717) is 16.5 Å².